The Morgan fingerprint density at radius 3 is 2.05 bits per heavy atom. The molecule has 1 aromatic rings. The molecule has 0 aromatic heterocycles. The number of likely N-dealkylation sites (tertiary alicyclic amines) is 2. The van der Waals surface area contributed by atoms with Crippen LogP contribution in [0.25, 0.3) is 0 Å². The third kappa shape index (κ3) is 8.41. The van der Waals surface area contributed by atoms with Gasteiger partial charge in [0.25, 0.3) is 5.92 Å². The Hall–Kier alpha value is -2.17. The van der Waals surface area contributed by atoms with Crippen LogP contribution < -0.4 is 10.5 Å². The van der Waals surface area contributed by atoms with Crippen molar-refractivity contribution < 1.29 is 32.6 Å². The monoisotopic (exact) mass is 559 g/mol. The maximum atomic E-state index is 13.0. The minimum absolute atomic E-state index is 0. The summed E-state index contributed by atoms with van der Waals surface area (Å²) in [6, 6.07) is 6.63. The Kier molecular flexibility index (Phi) is 10.6. The summed E-state index contributed by atoms with van der Waals surface area (Å²) in [6.45, 7) is 3.94. The van der Waals surface area contributed by atoms with E-state index in [9.17, 15) is 18.4 Å². The summed E-state index contributed by atoms with van der Waals surface area (Å²) in [6.07, 6.45) is 5.80. The van der Waals surface area contributed by atoms with Gasteiger partial charge in [-0.05, 0) is 76.5 Å². The normalized spacial score (nSPS) is 24.3. The number of piperidine rings is 1. The van der Waals surface area contributed by atoms with Gasteiger partial charge in [0.05, 0.1) is 43.5 Å². The molecule has 4 rings (SSSR count). The number of rotatable bonds is 8. The molecule has 8 nitrogen and oxygen atoms in total. The van der Waals surface area contributed by atoms with Crippen LogP contribution in [0.1, 0.15) is 57.9 Å². The number of carbonyl (C=O) groups excluding carboxylic acids is 2. The van der Waals surface area contributed by atoms with Gasteiger partial charge < -0.3 is 29.7 Å². The van der Waals surface area contributed by atoms with Gasteiger partial charge in [0.15, 0.2) is 0 Å². The van der Waals surface area contributed by atoms with Gasteiger partial charge in [0.2, 0.25) is 5.91 Å². The van der Waals surface area contributed by atoms with Crippen molar-refractivity contribution in [2.24, 2.45) is 5.73 Å². The van der Waals surface area contributed by atoms with E-state index in [2.05, 4.69) is 0 Å². The first-order valence-corrected chi connectivity index (χ1v) is 13.4. The molecule has 2 amide bonds. The fourth-order valence-electron chi connectivity index (χ4n) is 5.15. The maximum absolute atomic E-state index is 13.0. The summed E-state index contributed by atoms with van der Waals surface area (Å²) < 4.78 is 43.8. The zero-order valence-electron chi connectivity index (χ0n) is 22.2. The number of nitrogens with two attached hydrogens (primary N) is 1. The highest BCUT2D eigenvalue weighted by Crippen LogP contribution is 2.29. The van der Waals surface area contributed by atoms with E-state index in [1.165, 1.54) is 0 Å². The van der Waals surface area contributed by atoms with E-state index in [-0.39, 0.29) is 42.9 Å². The van der Waals surface area contributed by atoms with Gasteiger partial charge >= 0.3 is 6.09 Å². The molecule has 214 valence electrons. The second-order valence-electron chi connectivity index (χ2n) is 10.8. The topological polar surface area (TPSA) is 94.3 Å². The van der Waals surface area contributed by atoms with Crippen molar-refractivity contribution in [2.45, 2.75) is 95.2 Å². The quantitative estimate of drug-likeness (QED) is 0.514. The zero-order valence-corrected chi connectivity index (χ0v) is 23.0. The molecular weight excluding hydrogens is 520 g/mol. The zero-order chi connectivity index (χ0) is 26.6. The number of nitrogens with zero attached hydrogens (tertiary/aromatic N) is 2. The molecule has 1 saturated carbocycles. The van der Waals surface area contributed by atoms with Crippen LogP contribution in [0.5, 0.6) is 5.75 Å². The van der Waals surface area contributed by atoms with Crippen LogP contribution in [-0.4, -0.2) is 84.4 Å². The second kappa shape index (κ2) is 13.3. The number of hydrogen-bond donors (Lipinski definition) is 1. The largest absolute Gasteiger partial charge is 0.490 e. The molecule has 3 fully saturated rings. The van der Waals surface area contributed by atoms with E-state index in [0.29, 0.717) is 19.5 Å². The third-order valence-electron chi connectivity index (χ3n) is 7.20. The highest BCUT2D eigenvalue weighted by atomic mass is 35.5. The van der Waals surface area contributed by atoms with Crippen molar-refractivity contribution in [2.75, 3.05) is 26.2 Å². The maximum Gasteiger partial charge on any atom is 0.410 e. The lowest BCUT2D eigenvalue weighted by atomic mass is 9.94. The molecule has 3 aliphatic rings. The molecule has 0 radical (unpaired) electrons. The molecule has 2 N–H and O–H groups in total. The van der Waals surface area contributed by atoms with E-state index in [1.54, 1.807) is 4.90 Å². The second-order valence-corrected chi connectivity index (χ2v) is 10.8. The predicted octanol–water partition coefficient (Wildman–Crippen LogP) is 4.17. The van der Waals surface area contributed by atoms with Gasteiger partial charge in [0.1, 0.15) is 5.75 Å². The Morgan fingerprint density at radius 2 is 1.50 bits per heavy atom. The Balaban J connectivity index is 0.00000400. The predicted molar refractivity (Wildman–Crippen MR) is 141 cm³/mol. The van der Waals surface area contributed by atoms with E-state index in [0.717, 1.165) is 54.7 Å². The van der Waals surface area contributed by atoms with Gasteiger partial charge in [-0.25, -0.2) is 13.6 Å². The highest BCUT2D eigenvalue weighted by molar-refractivity contribution is 5.85. The summed E-state index contributed by atoms with van der Waals surface area (Å²) in [5, 5.41) is 0. The van der Waals surface area contributed by atoms with Crippen molar-refractivity contribution >= 4 is 24.4 Å². The molecule has 0 bridgehead atoms. The first kappa shape index (κ1) is 30.4. The summed E-state index contributed by atoms with van der Waals surface area (Å²) in [5.41, 5.74) is 6.81. The van der Waals surface area contributed by atoms with Gasteiger partial charge in [-0.1, -0.05) is 12.1 Å². The van der Waals surface area contributed by atoms with Crippen molar-refractivity contribution in [3.05, 3.63) is 29.8 Å². The lowest BCUT2D eigenvalue weighted by molar-refractivity contribution is -0.166. The Bertz CT molecular complexity index is 912. The summed E-state index contributed by atoms with van der Waals surface area (Å²) in [5.74, 6) is -2.47. The average molecular weight is 560 g/mol. The molecule has 0 spiro atoms. The molecule has 1 atom stereocenters. The van der Waals surface area contributed by atoms with Crippen LogP contribution in [0.3, 0.4) is 0 Å². The van der Waals surface area contributed by atoms with Crippen LogP contribution >= 0.6 is 12.4 Å². The van der Waals surface area contributed by atoms with E-state index in [4.69, 9.17) is 19.9 Å². The van der Waals surface area contributed by atoms with Gasteiger partial charge in [-0.15, -0.1) is 12.4 Å². The van der Waals surface area contributed by atoms with E-state index < -0.39 is 31.0 Å². The summed E-state index contributed by atoms with van der Waals surface area (Å²) >= 11 is 0. The molecular formula is C27H40ClF2N3O5. The van der Waals surface area contributed by atoms with Crippen molar-refractivity contribution in [1.82, 2.24) is 9.80 Å². The lowest BCUT2D eigenvalue weighted by Gasteiger charge is -2.39. The fraction of sp³-hybridized carbons (Fsp3) is 0.704. The van der Waals surface area contributed by atoms with E-state index in [1.807, 2.05) is 38.1 Å². The smallest absolute Gasteiger partial charge is 0.410 e. The van der Waals surface area contributed by atoms with Crippen molar-refractivity contribution in [3.63, 3.8) is 0 Å². The van der Waals surface area contributed by atoms with Crippen LogP contribution in [0.15, 0.2) is 24.3 Å². The minimum Gasteiger partial charge on any atom is -0.490 e. The fourth-order valence-corrected chi connectivity index (χ4v) is 5.15. The van der Waals surface area contributed by atoms with Crippen LogP contribution in [0.2, 0.25) is 0 Å². The van der Waals surface area contributed by atoms with Crippen LogP contribution in [0.4, 0.5) is 13.6 Å². The molecule has 2 aliphatic heterocycles. The Labute approximate surface area is 229 Å². The SMILES string of the molecule is CC(C)OC(=O)N1CCC(OC2CCC(Oc3ccc(C[C@@H](N)C(=O)N4CC(F)(F)C4)cc3)CC2)CC1.Cl. The van der Waals surface area contributed by atoms with Crippen molar-refractivity contribution in [1.29, 1.82) is 0 Å². The molecule has 38 heavy (non-hydrogen) atoms. The average Bonchev–Trinajstić information content (AvgIpc) is 2.84. The number of amides is 2. The number of alkyl halides is 2. The minimum atomic E-state index is -2.79. The number of benzene rings is 1. The molecule has 2 heterocycles. The number of carbonyl (C=O) groups is 2. The van der Waals surface area contributed by atoms with Crippen molar-refractivity contribution in [3.8, 4) is 5.75 Å². The van der Waals surface area contributed by atoms with Crippen LogP contribution in [-0.2, 0) is 20.7 Å². The molecule has 11 heteroatoms. The molecule has 1 aliphatic carbocycles. The van der Waals surface area contributed by atoms with Crippen LogP contribution in [0, 0.1) is 0 Å². The number of hydrogen-bond acceptors (Lipinski definition) is 6. The van der Waals surface area contributed by atoms with Gasteiger partial charge in [-0.2, -0.15) is 0 Å². The van der Waals surface area contributed by atoms with Gasteiger partial charge in [-0.3, -0.25) is 4.79 Å². The number of halogens is 3. The molecule has 1 aromatic carbocycles. The Morgan fingerprint density at radius 1 is 0.947 bits per heavy atom. The summed E-state index contributed by atoms with van der Waals surface area (Å²) in [4.78, 5) is 27.1. The molecule has 0 unspecified atom stereocenters. The van der Waals surface area contributed by atoms with Gasteiger partial charge in [0, 0.05) is 13.1 Å². The number of ether oxygens (including phenoxy) is 3. The first-order chi connectivity index (χ1) is 17.6. The summed E-state index contributed by atoms with van der Waals surface area (Å²) in [7, 11) is 0. The lowest BCUT2D eigenvalue weighted by Crippen LogP contribution is -2.62. The standard InChI is InChI=1S/C27H39F2N3O5.ClH/c1-18(2)35-26(34)31-13-11-23(12-14-31)37-22-9-7-21(8-10-22)36-20-5-3-19(4-6-20)15-24(30)25(33)32-16-27(28,29)17-32;/h3-6,18,21-24H,7-17,30H2,1-2H3;1H/t21?,22?,24-;/m1./s1. The highest BCUT2D eigenvalue weighted by Gasteiger charge is 2.47. The first-order valence-electron chi connectivity index (χ1n) is 13.4. The third-order valence-corrected chi connectivity index (χ3v) is 7.20. The molecule has 2 saturated heterocycles. The van der Waals surface area contributed by atoms with E-state index >= 15 is 0 Å².